The lowest BCUT2D eigenvalue weighted by atomic mass is 10.2. The summed E-state index contributed by atoms with van der Waals surface area (Å²) in [6, 6.07) is 2.56. The summed E-state index contributed by atoms with van der Waals surface area (Å²) in [7, 11) is -4.09. The number of aromatic hydroxyl groups is 1. The summed E-state index contributed by atoms with van der Waals surface area (Å²) in [5, 5.41) is 28.5. The van der Waals surface area contributed by atoms with Gasteiger partial charge in [-0.1, -0.05) is 6.92 Å². The number of nitro benzene ring substituents is 1. The van der Waals surface area contributed by atoms with E-state index in [0.29, 0.717) is 6.07 Å². The van der Waals surface area contributed by atoms with Crippen molar-refractivity contribution in [2.75, 3.05) is 6.54 Å². The lowest BCUT2D eigenvalue weighted by molar-refractivity contribution is -0.386. The molecule has 0 amide bonds. The number of phenols is 1. The van der Waals surface area contributed by atoms with Crippen LogP contribution >= 0.6 is 0 Å². The van der Waals surface area contributed by atoms with Crippen LogP contribution in [0.4, 0.5) is 5.69 Å². The highest BCUT2D eigenvalue weighted by Gasteiger charge is 2.22. The van der Waals surface area contributed by atoms with E-state index in [1.165, 1.54) is 6.92 Å². The summed E-state index contributed by atoms with van der Waals surface area (Å²) < 4.78 is 25.7. The van der Waals surface area contributed by atoms with Crippen molar-refractivity contribution in [2.24, 2.45) is 5.92 Å². The van der Waals surface area contributed by atoms with Crippen LogP contribution in [0.1, 0.15) is 6.92 Å². The molecule has 0 aliphatic heterocycles. The zero-order chi connectivity index (χ0) is 15.5. The molecular formula is C10H12N2O7S. The predicted octanol–water partition coefficient (Wildman–Crippen LogP) is 0.299. The molecule has 0 heterocycles. The third-order valence-corrected chi connectivity index (χ3v) is 3.88. The minimum absolute atomic E-state index is 0.355. The second kappa shape index (κ2) is 5.84. The van der Waals surface area contributed by atoms with Crippen molar-refractivity contribution in [1.82, 2.24) is 4.72 Å². The number of nitro groups is 1. The molecule has 9 nitrogen and oxygen atoms in total. The third-order valence-electron chi connectivity index (χ3n) is 2.45. The molecule has 0 spiro atoms. The number of carboxylic acids is 1. The molecule has 0 aromatic heterocycles. The van der Waals surface area contributed by atoms with Crippen molar-refractivity contribution >= 4 is 21.7 Å². The van der Waals surface area contributed by atoms with Gasteiger partial charge in [-0.2, -0.15) is 0 Å². The number of phenolic OH excluding ortho intramolecular Hbond substituents is 1. The van der Waals surface area contributed by atoms with E-state index in [0.717, 1.165) is 12.1 Å². The average molecular weight is 304 g/mol. The van der Waals surface area contributed by atoms with E-state index in [4.69, 9.17) is 5.11 Å². The van der Waals surface area contributed by atoms with E-state index in [9.17, 15) is 28.4 Å². The Bertz CT molecular complexity index is 641. The molecule has 1 atom stereocenters. The molecule has 1 aromatic rings. The van der Waals surface area contributed by atoms with Crippen molar-refractivity contribution in [3.8, 4) is 5.75 Å². The van der Waals surface area contributed by atoms with Crippen LogP contribution in [-0.2, 0) is 14.8 Å². The highest BCUT2D eigenvalue weighted by Crippen LogP contribution is 2.28. The maximum Gasteiger partial charge on any atom is 0.312 e. The fourth-order valence-corrected chi connectivity index (χ4v) is 2.37. The molecular weight excluding hydrogens is 292 g/mol. The largest absolute Gasteiger partial charge is 0.502 e. The van der Waals surface area contributed by atoms with Gasteiger partial charge in [-0.15, -0.1) is 0 Å². The number of benzene rings is 1. The molecule has 110 valence electrons. The molecule has 0 radical (unpaired) electrons. The van der Waals surface area contributed by atoms with Crippen LogP contribution in [0.2, 0.25) is 0 Å². The Balaban J connectivity index is 3.01. The van der Waals surface area contributed by atoms with Gasteiger partial charge >= 0.3 is 11.7 Å². The minimum Gasteiger partial charge on any atom is -0.502 e. The van der Waals surface area contributed by atoms with Gasteiger partial charge in [0.05, 0.1) is 15.7 Å². The maximum atomic E-state index is 11.8. The Morgan fingerprint density at radius 1 is 1.50 bits per heavy atom. The number of nitrogens with zero attached hydrogens (tertiary/aromatic N) is 1. The Labute approximate surface area is 114 Å². The first-order chi connectivity index (χ1) is 9.15. The van der Waals surface area contributed by atoms with E-state index in [-0.39, 0.29) is 6.54 Å². The number of hydrogen-bond acceptors (Lipinski definition) is 6. The summed E-state index contributed by atoms with van der Waals surface area (Å²) in [5.74, 6) is -2.78. The molecule has 0 bridgehead atoms. The van der Waals surface area contributed by atoms with Gasteiger partial charge < -0.3 is 10.2 Å². The van der Waals surface area contributed by atoms with E-state index in [1.807, 2.05) is 4.72 Å². The Hall–Kier alpha value is -2.20. The number of hydrogen-bond donors (Lipinski definition) is 3. The molecule has 0 saturated heterocycles. The summed E-state index contributed by atoms with van der Waals surface area (Å²) in [5.41, 5.74) is -0.751. The van der Waals surface area contributed by atoms with Crippen LogP contribution in [0.15, 0.2) is 23.1 Å². The first kappa shape index (κ1) is 15.9. The fraction of sp³-hybridized carbons (Fsp3) is 0.300. The zero-order valence-electron chi connectivity index (χ0n) is 10.3. The van der Waals surface area contributed by atoms with Gasteiger partial charge in [0.2, 0.25) is 10.0 Å². The Morgan fingerprint density at radius 3 is 2.60 bits per heavy atom. The minimum atomic E-state index is -4.09. The van der Waals surface area contributed by atoms with Crippen molar-refractivity contribution in [1.29, 1.82) is 0 Å². The van der Waals surface area contributed by atoms with Crippen LogP contribution in [0, 0.1) is 16.0 Å². The van der Waals surface area contributed by atoms with Gasteiger partial charge in [-0.3, -0.25) is 14.9 Å². The lowest BCUT2D eigenvalue weighted by Gasteiger charge is -2.09. The van der Waals surface area contributed by atoms with E-state index < -0.39 is 43.2 Å². The first-order valence-electron chi connectivity index (χ1n) is 5.35. The van der Waals surface area contributed by atoms with Crippen LogP contribution in [0.3, 0.4) is 0 Å². The topological polar surface area (TPSA) is 147 Å². The van der Waals surface area contributed by atoms with Crippen LogP contribution in [0.25, 0.3) is 0 Å². The SMILES string of the molecule is CC(CNS(=O)(=O)c1ccc(O)c([N+](=O)[O-])c1)C(=O)O. The van der Waals surface area contributed by atoms with Gasteiger partial charge in [0, 0.05) is 12.6 Å². The monoisotopic (exact) mass is 304 g/mol. The maximum absolute atomic E-state index is 11.8. The number of carbonyl (C=O) groups is 1. The van der Waals surface area contributed by atoms with Gasteiger partial charge in [-0.25, -0.2) is 13.1 Å². The second-order valence-electron chi connectivity index (χ2n) is 4.00. The molecule has 0 aliphatic rings. The molecule has 1 rings (SSSR count). The third kappa shape index (κ3) is 3.65. The highest BCUT2D eigenvalue weighted by molar-refractivity contribution is 7.89. The summed E-state index contributed by atoms with van der Waals surface area (Å²) in [4.78, 5) is 19.8. The van der Waals surface area contributed by atoms with Crippen molar-refractivity contribution in [3.05, 3.63) is 28.3 Å². The molecule has 0 fully saturated rings. The van der Waals surface area contributed by atoms with Crippen molar-refractivity contribution < 1.29 is 28.3 Å². The van der Waals surface area contributed by atoms with E-state index in [2.05, 4.69) is 0 Å². The summed E-state index contributed by atoms with van der Waals surface area (Å²) >= 11 is 0. The number of nitrogens with one attached hydrogen (secondary N) is 1. The second-order valence-corrected chi connectivity index (χ2v) is 5.77. The highest BCUT2D eigenvalue weighted by atomic mass is 32.2. The number of aliphatic carboxylic acids is 1. The number of rotatable bonds is 6. The van der Waals surface area contributed by atoms with Crippen LogP contribution in [-0.4, -0.2) is 36.1 Å². The molecule has 0 aliphatic carbocycles. The summed E-state index contributed by atoms with van der Waals surface area (Å²) in [6.07, 6.45) is 0. The summed E-state index contributed by atoms with van der Waals surface area (Å²) in [6.45, 7) is 0.955. The Morgan fingerprint density at radius 2 is 2.10 bits per heavy atom. The Kier molecular flexibility index (Phi) is 4.63. The van der Waals surface area contributed by atoms with Gasteiger partial charge in [0.1, 0.15) is 0 Å². The molecule has 0 saturated carbocycles. The predicted molar refractivity (Wildman–Crippen MR) is 66.7 cm³/mol. The molecule has 1 aromatic carbocycles. The quantitative estimate of drug-likeness (QED) is 0.505. The van der Waals surface area contributed by atoms with E-state index >= 15 is 0 Å². The van der Waals surface area contributed by atoms with E-state index in [1.54, 1.807) is 0 Å². The zero-order valence-corrected chi connectivity index (χ0v) is 11.1. The normalized spacial score (nSPS) is 12.8. The van der Waals surface area contributed by atoms with Crippen LogP contribution < -0.4 is 4.72 Å². The van der Waals surface area contributed by atoms with Gasteiger partial charge in [0.25, 0.3) is 0 Å². The molecule has 10 heteroatoms. The van der Waals surface area contributed by atoms with Gasteiger partial charge in [0.15, 0.2) is 5.75 Å². The van der Waals surface area contributed by atoms with Crippen LogP contribution in [0.5, 0.6) is 5.75 Å². The first-order valence-corrected chi connectivity index (χ1v) is 6.83. The van der Waals surface area contributed by atoms with Crippen molar-refractivity contribution in [2.45, 2.75) is 11.8 Å². The number of sulfonamides is 1. The molecule has 1 unspecified atom stereocenters. The number of carboxylic acid groups (broad SMARTS) is 1. The lowest BCUT2D eigenvalue weighted by Crippen LogP contribution is -2.31. The smallest absolute Gasteiger partial charge is 0.312 e. The fourth-order valence-electron chi connectivity index (χ4n) is 1.22. The van der Waals surface area contributed by atoms with Crippen molar-refractivity contribution in [3.63, 3.8) is 0 Å². The standard InChI is InChI=1S/C10H12N2O7S/c1-6(10(14)15)5-11-20(18,19)7-2-3-9(13)8(4-7)12(16)17/h2-4,6,11,13H,5H2,1H3,(H,14,15). The van der Waals surface area contributed by atoms with Gasteiger partial charge in [-0.05, 0) is 12.1 Å². The average Bonchev–Trinajstić information content (AvgIpc) is 2.35. The molecule has 3 N–H and O–H groups in total. The molecule has 20 heavy (non-hydrogen) atoms.